The first-order valence-corrected chi connectivity index (χ1v) is 7.42. The summed E-state index contributed by atoms with van der Waals surface area (Å²) in [7, 11) is 0. The van der Waals surface area contributed by atoms with Gasteiger partial charge in [-0.3, -0.25) is 4.79 Å². The molecule has 0 radical (unpaired) electrons. The Morgan fingerprint density at radius 3 is 2.90 bits per heavy atom. The van der Waals surface area contributed by atoms with Crippen molar-refractivity contribution < 1.29 is 19.1 Å². The van der Waals surface area contributed by atoms with Gasteiger partial charge in [0.15, 0.2) is 5.76 Å². The van der Waals surface area contributed by atoms with Gasteiger partial charge in [0.05, 0.1) is 0 Å². The first-order valence-electron chi connectivity index (χ1n) is 6.27. The molecule has 1 N–H and O–H groups in total. The van der Waals surface area contributed by atoms with Crippen LogP contribution in [-0.4, -0.2) is 46.0 Å². The van der Waals surface area contributed by atoms with E-state index in [4.69, 9.17) is 4.42 Å². The number of carboxylic acids is 1. The molecule has 5 nitrogen and oxygen atoms in total. The van der Waals surface area contributed by atoms with Crippen molar-refractivity contribution in [1.29, 1.82) is 0 Å². The van der Waals surface area contributed by atoms with E-state index >= 15 is 0 Å². The number of aliphatic carboxylic acids is 1. The Balaban J connectivity index is 1.92. The zero-order valence-electron chi connectivity index (χ0n) is 10.6. The molecule has 6 heteroatoms. The Morgan fingerprint density at radius 1 is 1.35 bits per heavy atom. The van der Waals surface area contributed by atoms with Crippen molar-refractivity contribution in [2.75, 3.05) is 18.1 Å². The smallest absolute Gasteiger partial charge is 0.327 e. The van der Waals surface area contributed by atoms with Gasteiger partial charge in [0.1, 0.15) is 11.6 Å². The third kappa shape index (κ3) is 2.27. The van der Waals surface area contributed by atoms with Crippen LogP contribution in [0, 0.1) is 0 Å². The van der Waals surface area contributed by atoms with Gasteiger partial charge >= 0.3 is 5.97 Å². The molecule has 1 aromatic heterocycles. The Hall–Kier alpha value is -1.95. The molecule has 1 aliphatic rings. The fourth-order valence-corrected chi connectivity index (χ4v) is 3.32. The van der Waals surface area contributed by atoms with Gasteiger partial charge in [-0.05, 0) is 12.1 Å². The number of furan rings is 1. The molecule has 0 spiro atoms. The van der Waals surface area contributed by atoms with Crippen LogP contribution in [0.1, 0.15) is 10.6 Å². The molecule has 2 aromatic rings. The minimum atomic E-state index is -0.971. The molecule has 1 aromatic carbocycles. The molecule has 0 aliphatic carbocycles. The van der Waals surface area contributed by atoms with Crippen molar-refractivity contribution >= 4 is 34.6 Å². The number of hydrogen-bond donors (Lipinski definition) is 1. The van der Waals surface area contributed by atoms with Crippen LogP contribution in [0.15, 0.2) is 34.7 Å². The van der Waals surface area contributed by atoms with Crippen LogP contribution in [0.5, 0.6) is 0 Å². The summed E-state index contributed by atoms with van der Waals surface area (Å²) in [5, 5.41) is 10.0. The molecule has 1 amide bonds. The van der Waals surface area contributed by atoms with E-state index in [2.05, 4.69) is 0 Å². The number of amides is 1. The highest BCUT2D eigenvalue weighted by Gasteiger charge is 2.34. The van der Waals surface area contributed by atoms with E-state index in [1.54, 1.807) is 23.9 Å². The number of carbonyl (C=O) groups is 2. The van der Waals surface area contributed by atoms with Crippen molar-refractivity contribution in [2.24, 2.45) is 0 Å². The highest BCUT2D eigenvalue weighted by Crippen LogP contribution is 2.23. The lowest BCUT2D eigenvalue weighted by atomic mass is 10.2. The monoisotopic (exact) mass is 291 g/mol. The van der Waals surface area contributed by atoms with Crippen LogP contribution in [0.25, 0.3) is 11.0 Å². The highest BCUT2D eigenvalue weighted by molar-refractivity contribution is 7.99. The summed E-state index contributed by atoms with van der Waals surface area (Å²) in [6, 6.07) is 8.22. The van der Waals surface area contributed by atoms with Crippen molar-refractivity contribution in [3.63, 3.8) is 0 Å². The van der Waals surface area contributed by atoms with Crippen LogP contribution in [0.3, 0.4) is 0 Å². The Labute approximate surface area is 119 Å². The van der Waals surface area contributed by atoms with E-state index in [-0.39, 0.29) is 11.7 Å². The van der Waals surface area contributed by atoms with Crippen molar-refractivity contribution in [1.82, 2.24) is 4.90 Å². The van der Waals surface area contributed by atoms with Crippen LogP contribution in [0.2, 0.25) is 0 Å². The molecule has 1 saturated heterocycles. The standard InChI is InChI=1S/C14H13NO4S/c16-13(15-5-6-20-8-10(15)14(17)18)12-7-9-3-1-2-4-11(9)19-12/h1-4,7,10H,5-6,8H2,(H,17,18). The Bertz CT molecular complexity index is 633. The molecule has 1 atom stereocenters. The third-order valence-corrected chi connectivity index (χ3v) is 4.33. The predicted molar refractivity (Wildman–Crippen MR) is 76.0 cm³/mol. The molecule has 20 heavy (non-hydrogen) atoms. The summed E-state index contributed by atoms with van der Waals surface area (Å²) in [5.41, 5.74) is 0.633. The van der Waals surface area contributed by atoms with Gasteiger partial charge in [0, 0.05) is 23.4 Å². The number of para-hydroxylation sites is 1. The molecule has 0 bridgehead atoms. The average molecular weight is 291 g/mol. The topological polar surface area (TPSA) is 70.8 Å². The quantitative estimate of drug-likeness (QED) is 0.917. The van der Waals surface area contributed by atoms with Gasteiger partial charge in [0.2, 0.25) is 0 Å². The molecule has 3 rings (SSSR count). The van der Waals surface area contributed by atoms with Gasteiger partial charge in [-0.2, -0.15) is 11.8 Å². The number of carbonyl (C=O) groups excluding carboxylic acids is 1. The minimum Gasteiger partial charge on any atom is -0.480 e. The second-order valence-corrected chi connectivity index (χ2v) is 5.73. The van der Waals surface area contributed by atoms with E-state index in [0.717, 1.165) is 11.1 Å². The summed E-state index contributed by atoms with van der Waals surface area (Å²) in [6.07, 6.45) is 0. The maximum absolute atomic E-state index is 12.4. The Morgan fingerprint density at radius 2 is 2.15 bits per heavy atom. The van der Waals surface area contributed by atoms with Gasteiger partial charge < -0.3 is 14.4 Å². The SMILES string of the molecule is O=C(O)C1CSCCN1C(=O)c1cc2ccccc2o1. The van der Waals surface area contributed by atoms with Gasteiger partial charge in [-0.1, -0.05) is 18.2 Å². The fourth-order valence-electron chi connectivity index (χ4n) is 2.28. The molecule has 0 saturated carbocycles. The largest absolute Gasteiger partial charge is 0.480 e. The minimum absolute atomic E-state index is 0.198. The summed E-state index contributed by atoms with van der Waals surface area (Å²) < 4.78 is 5.52. The lowest BCUT2D eigenvalue weighted by Crippen LogP contribution is -2.50. The number of carboxylic acid groups (broad SMARTS) is 1. The number of nitrogens with zero attached hydrogens (tertiary/aromatic N) is 1. The lowest BCUT2D eigenvalue weighted by molar-refractivity contribution is -0.141. The van der Waals surface area contributed by atoms with Crippen LogP contribution in [-0.2, 0) is 4.79 Å². The summed E-state index contributed by atoms with van der Waals surface area (Å²) in [5.74, 6) is 0.0387. The number of benzene rings is 1. The number of hydrogen-bond acceptors (Lipinski definition) is 4. The molecular formula is C14H13NO4S. The fraction of sp³-hybridized carbons (Fsp3) is 0.286. The molecular weight excluding hydrogens is 278 g/mol. The lowest BCUT2D eigenvalue weighted by Gasteiger charge is -2.31. The highest BCUT2D eigenvalue weighted by atomic mass is 32.2. The van der Waals surface area contributed by atoms with Crippen LogP contribution in [0.4, 0.5) is 0 Å². The van der Waals surface area contributed by atoms with Gasteiger partial charge in [-0.15, -0.1) is 0 Å². The first kappa shape index (κ1) is 13.1. The van der Waals surface area contributed by atoms with E-state index in [0.29, 0.717) is 17.9 Å². The molecule has 1 unspecified atom stereocenters. The second-order valence-electron chi connectivity index (χ2n) is 4.58. The number of rotatable bonds is 2. The first-order chi connectivity index (χ1) is 9.66. The van der Waals surface area contributed by atoms with Gasteiger partial charge in [-0.25, -0.2) is 4.79 Å². The third-order valence-electron chi connectivity index (χ3n) is 3.31. The summed E-state index contributed by atoms with van der Waals surface area (Å²) in [4.78, 5) is 25.1. The molecule has 2 heterocycles. The van der Waals surface area contributed by atoms with E-state index in [1.807, 2.05) is 18.2 Å². The average Bonchev–Trinajstić information content (AvgIpc) is 2.90. The molecule has 104 valence electrons. The van der Waals surface area contributed by atoms with Crippen molar-refractivity contribution in [3.05, 3.63) is 36.1 Å². The van der Waals surface area contributed by atoms with Crippen LogP contribution >= 0.6 is 11.8 Å². The summed E-state index contributed by atoms with van der Waals surface area (Å²) in [6.45, 7) is 0.428. The van der Waals surface area contributed by atoms with Gasteiger partial charge in [0.25, 0.3) is 5.91 Å². The van der Waals surface area contributed by atoms with E-state index in [1.165, 1.54) is 4.90 Å². The van der Waals surface area contributed by atoms with E-state index in [9.17, 15) is 14.7 Å². The second kappa shape index (κ2) is 5.20. The van der Waals surface area contributed by atoms with E-state index < -0.39 is 12.0 Å². The predicted octanol–water partition coefficient (Wildman–Crippen LogP) is 2.08. The number of fused-ring (bicyclic) bond motifs is 1. The zero-order chi connectivity index (χ0) is 14.1. The summed E-state index contributed by atoms with van der Waals surface area (Å²) >= 11 is 1.55. The molecule has 1 aliphatic heterocycles. The zero-order valence-corrected chi connectivity index (χ0v) is 11.4. The maximum Gasteiger partial charge on any atom is 0.327 e. The van der Waals surface area contributed by atoms with Crippen LogP contribution < -0.4 is 0 Å². The number of thioether (sulfide) groups is 1. The normalized spacial score (nSPS) is 19.2. The maximum atomic E-state index is 12.4. The Kier molecular flexibility index (Phi) is 3.40. The van der Waals surface area contributed by atoms with Crippen molar-refractivity contribution in [2.45, 2.75) is 6.04 Å². The molecule has 1 fully saturated rings. The van der Waals surface area contributed by atoms with Crippen molar-refractivity contribution in [3.8, 4) is 0 Å².